The summed E-state index contributed by atoms with van der Waals surface area (Å²) in [6.45, 7) is 2.56. The van der Waals surface area contributed by atoms with E-state index in [-0.39, 0.29) is 5.91 Å². The van der Waals surface area contributed by atoms with Crippen molar-refractivity contribution in [3.8, 4) is 5.75 Å². The van der Waals surface area contributed by atoms with Crippen LogP contribution in [0.1, 0.15) is 21.5 Å². The molecule has 6 nitrogen and oxygen atoms in total. The second-order valence-corrected chi connectivity index (χ2v) is 6.14. The minimum Gasteiger partial charge on any atom is -0.497 e. The van der Waals surface area contributed by atoms with Crippen molar-refractivity contribution in [1.82, 2.24) is 15.3 Å². The van der Waals surface area contributed by atoms with Gasteiger partial charge in [0.2, 0.25) is 5.95 Å². The highest BCUT2D eigenvalue weighted by Crippen LogP contribution is 2.14. The molecule has 1 heterocycles. The summed E-state index contributed by atoms with van der Waals surface area (Å²) in [6, 6.07) is 15.7. The second kappa shape index (κ2) is 8.80. The Bertz CT molecular complexity index is 893. The van der Waals surface area contributed by atoms with Gasteiger partial charge in [0.15, 0.2) is 0 Å². The Balaban J connectivity index is 1.51. The summed E-state index contributed by atoms with van der Waals surface area (Å²) in [4.78, 5) is 20.6. The van der Waals surface area contributed by atoms with Gasteiger partial charge in [-0.1, -0.05) is 24.3 Å². The summed E-state index contributed by atoms with van der Waals surface area (Å²) >= 11 is 0. The number of anilines is 2. The highest BCUT2D eigenvalue weighted by atomic mass is 16.5. The normalized spacial score (nSPS) is 10.3. The molecule has 6 heteroatoms. The Labute approximate surface area is 158 Å². The van der Waals surface area contributed by atoms with Crippen molar-refractivity contribution in [3.05, 3.63) is 77.6 Å². The highest BCUT2D eigenvalue weighted by Gasteiger charge is 2.07. The van der Waals surface area contributed by atoms with Crippen molar-refractivity contribution < 1.29 is 9.53 Å². The smallest absolute Gasteiger partial charge is 0.254 e. The Morgan fingerprint density at radius 2 is 1.81 bits per heavy atom. The van der Waals surface area contributed by atoms with E-state index in [9.17, 15) is 4.79 Å². The first-order valence-electron chi connectivity index (χ1n) is 8.71. The summed E-state index contributed by atoms with van der Waals surface area (Å²) in [6.07, 6.45) is 3.78. The van der Waals surface area contributed by atoms with Crippen LogP contribution in [0.15, 0.2) is 60.9 Å². The lowest BCUT2D eigenvalue weighted by Gasteiger charge is -2.08. The van der Waals surface area contributed by atoms with Gasteiger partial charge in [0.05, 0.1) is 12.7 Å². The molecular formula is C21H22N4O2. The first kappa shape index (κ1) is 18.4. The molecule has 0 atom stereocenters. The number of hydrogen-bond acceptors (Lipinski definition) is 5. The van der Waals surface area contributed by atoms with Crippen molar-refractivity contribution in [2.45, 2.75) is 13.3 Å². The molecule has 0 saturated carbocycles. The zero-order valence-electron chi connectivity index (χ0n) is 15.4. The van der Waals surface area contributed by atoms with Crippen molar-refractivity contribution in [2.24, 2.45) is 0 Å². The number of rotatable bonds is 7. The number of carbonyl (C=O) groups excluding carboxylic acids is 1. The van der Waals surface area contributed by atoms with E-state index in [2.05, 4.69) is 20.6 Å². The molecule has 0 spiro atoms. The van der Waals surface area contributed by atoms with Gasteiger partial charge in [0, 0.05) is 24.6 Å². The number of aromatic nitrogens is 2. The number of carbonyl (C=O) groups is 1. The first-order chi connectivity index (χ1) is 13.1. The lowest BCUT2D eigenvalue weighted by molar-refractivity contribution is 0.0953. The van der Waals surface area contributed by atoms with Gasteiger partial charge in [-0.25, -0.2) is 9.97 Å². The van der Waals surface area contributed by atoms with Gasteiger partial charge in [-0.15, -0.1) is 0 Å². The van der Waals surface area contributed by atoms with Gasteiger partial charge in [-0.2, -0.15) is 0 Å². The molecule has 0 aliphatic carbocycles. The molecule has 0 bridgehead atoms. The summed E-state index contributed by atoms with van der Waals surface area (Å²) in [7, 11) is 1.64. The lowest BCUT2D eigenvalue weighted by atomic mass is 10.1. The quantitative estimate of drug-likeness (QED) is 0.673. The fourth-order valence-corrected chi connectivity index (χ4v) is 2.58. The Morgan fingerprint density at radius 3 is 2.48 bits per heavy atom. The number of methoxy groups -OCH3 is 1. The number of aryl methyl sites for hydroxylation is 1. The molecular weight excluding hydrogens is 340 g/mol. The predicted molar refractivity (Wildman–Crippen MR) is 106 cm³/mol. The summed E-state index contributed by atoms with van der Waals surface area (Å²) < 4.78 is 5.13. The maximum absolute atomic E-state index is 12.2. The summed E-state index contributed by atoms with van der Waals surface area (Å²) in [5.74, 6) is 1.08. The van der Waals surface area contributed by atoms with E-state index in [1.165, 1.54) is 12.4 Å². The van der Waals surface area contributed by atoms with Gasteiger partial charge in [-0.3, -0.25) is 4.79 Å². The topological polar surface area (TPSA) is 76.1 Å². The third-order valence-corrected chi connectivity index (χ3v) is 4.05. The van der Waals surface area contributed by atoms with Crippen LogP contribution in [0.2, 0.25) is 0 Å². The number of benzene rings is 2. The van der Waals surface area contributed by atoms with Crippen LogP contribution in [-0.4, -0.2) is 29.5 Å². The molecule has 2 aromatic carbocycles. The van der Waals surface area contributed by atoms with Crippen LogP contribution in [0.5, 0.6) is 5.75 Å². The average molecular weight is 362 g/mol. The zero-order chi connectivity index (χ0) is 19.1. The van der Waals surface area contributed by atoms with E-state index in [1.54, 1.807) is 7.11 Å². The van der Waals surface area contributed by atoms with Crippen LogP contribution in [0.3, 0.4) is 0 Å². The van der Waals surface area contributed by atoms with Gasteiger partial charge in [-0.05, 0) is 48.7 Å². The van der Waals surface area contributed by atoms with E-state index >= 15 is 0 Å². The summed E-state index contributed by atoms with van der Waals surface area (Å²) in [5, 5.41) is 6.00. The minimum absolute atomic E-state index is 0.189. The van der Waals surface area contributed by atoms with Gasteiger partial charge in [0.1, 0.15) is 5.75 Å². The molecule has 0 aliphatic heterocycles. The van der Waals surface area contributed by atoms with E-state index in [0.29, 0.717) is 18.1 Å². The van der Waals surface area contributed by atoms with Crippen molar-refractivity contribution in [2.75, 3.05) is 19.0 Å². The van der Waals surface area contributed by atoms with E-state index in [4.69, 9.17) is 4.74 Å². The van der Waals surface area contributed by atoms with Crippen LogP contribution in [-0.2, 0) is 6.42 Å². The van der Waals surface area contributed by atoms with E-state index in [0.717, 1.165) is 29.0 Å². The molecule has 0 unspecified atom stereocenters. The van der Waals surface area contributed by atoms with Crippen LogP contribution in [0.25, 0.3) is 0 Å². The van der Waals surface area contributed by atoms with Crippen LogP contribution < -0.4 is 15.4 Å². The zero-order valence-corrected chi connectivity index (χ0v) is 15.4. The Kier molecular flexibility index (Phi) is 5.99. The third kappa shape index (κ3) is 5.28. The molecule has 0 radical (unpaired) electrons. The molecule has 0 aliphatic rings. The third-order valence-electron chi connectivity index (χ3n) is 4.05. The number of nitrogens with zero attached hydrogens (tertiary/aromatic N) is 2. The predicted octanol–water partition coefficient (Wildman–Crippen LogP) is 3.51. The Morgan fingerprint density at radius 1 is 1.07 bits per heavy atom. The fourth-order valence-electron chi connectivity index (χ4n) is 2.58. The molecule has 0 fully saturated rings. The second-order valence-electron chi connectivity index (χ2n) is 6.14. The van der Waals surface area contributed by atoms with Gasteiger partial charge in [0.25, 0.3) is 5.91 Å². The number of hydrogen-bond donors (Lipinski definition) is 2. The van der Waals surface area contributed by atoms with E-state index < -0.39 is 0 Å². The van der Waals surface area contributed by atoms with Crippen LogP contribution in [0, 0.1) is 6.92 Å². The Hall–Kier alpha value is -3.41. The number of amides is 1. The molecule has 1 aromatic heterocycles. The molecule has 0 saturated heterocycles. The SMILES string of the molecule is COc1ccc(CCNC(=O)c2cnc(Nc3cccc(C)c3)nc2)cc1. The first-order valence-corrected chi connectivity index (χ1v) is 8.71. The molecule has 3 rings (SSSR count). The number of nitrogens with one attached hydrogen (secondary N) is 2. The molecule has 2 N–H and O–H groups in total. The minimum atomic E-state index is -0.189. The maximum Gasteiger partial charge on any atom is 0.254 e. The largest absolute Gasteiger partial charge is 0.497 e. The summed E-state index contributed by atoms with van der Waals surface area (Å²) in [5.41, 5.74) is 3.61. The highest BCUT2D eigenvalue weighted by molar-refractivity contribution is 5.93. The number of ether oxygens (including phenoxy) is 1. The molecule has 1 amide bonds. The monoisotopic (exact) mass is 362 g/mol. The van der Waals surface area contributed by atoms with Gasteiger partial charge < -0.3 is 15.4 Å². The van der Waals surface area contributed by atoms with Crippen molar-refractivity contribution >= 4 is 17.5 Å². The lowest BCUT2D eigenvalue weighted by Crippen LogP contribution is -2.26. The van der Waals surface area contributed by atoms with Crippen molar-refractivity contribution in [1.29, 1.82) is 0 Å². The van der Waals surface area contributed by atoms with E-state index in [1.807, 2.05) is 55.5 Å². The molecule has 138 valence electrons. The van der Waals surface area contributed by atoms with Gasteiger partial charge >= 0.3 is 0 Å². The fraction of sp³-hybridized carbons (Fsp3) is 0.190. The molecule has 3 aromatic rings. The van der Waals surface area contributed by atoms with Crippen molar-refractivity contribution in [3.63, 3.8) is 0 Å². The van der Waals surface area contributed by atoms with Crippen LogP contribution in [0.4, 0.5) is 11.6 Å². The molecule has 27 heavy (non-hydrogen) atoms. The standard InChI is InChI=1S/C21H22N4O2/c1-15-4-3-5-18(12-15)25-21-23-13-17(14-24-21)20(26)22-11-10-16-6-8-19(27-2)9-7-16/h3-9,12-14H,10-11H2,1-2H3,(H,22,26)(H,23,24,25). The average Bonchev–Trinajstić information content (AvgIpc) is 2.69. The van der Waals surface area contributed by atoms with Crippen LogP contribution >= 0.6 is 0 Å². The maximum atomic E-state index is 12.2.